The van der Waals surface area contributed by atoms with Crippen LogP contribution in [-0.4, -0.2) is 15.0 Å². The number of rotatable bonds is 3. The number of halogens is 1. The van der Waals surface area contributed by atoms with Crippen LogP contribution in [0.25, 0.3) is 11.5 Å². The van der Waals surface area contributed by atoms with Gasteiger partial charge in [0.15, 0.2) is 5.82 Å². The predicted molar refractivity (Wildman–Crippen MR) is 89.5 cm³/mol. The molecule has 0 atom stereocenters. The fourth-order valence-electron chi connectivity index (χ4n) is 2.29. The van der Waals surface area contributed by atoms with E-state index in [2.05, 4.69) is 52.3 Å². The molecule has 0 spiro atoms. The summed E-state index contributed by atoms with van der Waals surface area (Å²) in [6.45, 7) is 4.12. The molecule has 0 saturated carbocycles. The SMILES string of the molecule is Cc1cc(C)cc(Nc2cc(Cl)nc(-c3ccccn3)n2)c1. The van der Waals surface area contributed by atoms with Gasteiger partial charge in [-0.2, -0.15) is 0 Å². The average molecular weight is 311 g/mol. The van der Waals surface area contributed by atoms with E-state index in [0.717, 1.165) is 5.69 Å². The number of pyridine rings is 1. The Bertz CT molecular complexity index is 783. The number of nitrogens with one attached hydrogen (secondary N) is 1. The van der Waals surface area contributed by atoms with Gasteiger partial charge in [0.1, 0.15) is 16.7 Å². The van der Waals surface area contributed by atoms with Gasteiger partial charge in [0.25, 0.3) is 0 Å². The second-order valence-electron chi connectivity index (χ2n) is 5.12. The molecule has 1 N–H and O–H groups in total. The van der Waals surface area contributed by atoms with E-state index in [0.29, 0.717) is 22.5 Å². The summed E-state index contributed by atoms with van der Waals surface area (Å²) in [5, 5.41) is 3.65. The van der Waals surface area contributed by atoms with Crippen molar-refractivity contribution in [1.82, 2.24) is 15.0 Å². The standard InChI is InChI=1S/C17H15ClN4/c1-11-7-12(2)9-13(8-11)20-16-10-15(18)21-17(22-16)14-5-3-4-6-19-14/h3-10H,1-2H3,(H,20,21,22). The minimum atomic E-state index is 0.377. The van der Waals surface area contributed by atoms with E-state index in [1.807, 2.05) is 18.2 Å². The fourth-order valence-corrected chi connectivity index (χ4v) is 2.47. The largest absolute Gasteiger partial charge is 0.340 e. The molecule has 5 heteroatoms. The highest BCUT2D eigenvalue weighted by Gasteiger charge is 2.07. The number of nitrogens with zero attached hydrogens (tertiary/aromatic N) is 3. The lowest BCUT2D eigenvalue weighted by atomic mass is 10.1. The summed E-state index contributed by atoms with van der Waals surface area (Å²) < 4.78 is 0. The van der Waals surface area contributed by atoms with E-state index < -0.39 is 0 Å². The van der Waals surface area contributed by atoms with Gasteiger partial charge < -0.3 is 5.32 Å². The average Bonchev–Trinajstić information content (AvgIpc) is 2.46. The van der Waals surface area contributed by atoms with Crippen molar-refractivity contribution in [2.75, 3.05) is 5.32 Å². The molecule has 1 aromatic carbocycles. The summed E-state index contributed by atoms with van der Waals surface area (Å²) >= 11 is 6.11. The van der Waals surface area contributed by atoms with Crippen molar-refractivity contribution in [2.45, 2.75) is 13.8 Å². The normalized spacial score (nSPS) is 10.5. The van der Waals surface area contributed by atoms with E-state index in [4.69, 9.17) is 11.6 Å². The van der Waals surface area contributed by atoms with Crippen LogP contribution >= 0.6 is 11.6 Å². The molecule has 0 unspecified atom stereocenters. The van der Waals surface area contributed by atoms with Crippen LogP contribution in [-0.2, 0) is 0 Å². The summed E-state index contributed by atoms with van der Waals surface area (Å²) in [5.74, 6) is 1.14. The first-order valence-corrected chi connectivity index (χ1v) is 7.29. The molecular weight excluding hydrogens is 296 g/mol. The Morgan fingerprint density at radius 1 is 0.955 bits per heavy atom. The lowest BCUT2D eigenvalue weighted by Gasteiger charge is -2.09. The number of aryl methyl sites for hydroxylation is 2. The van der Waals surface area contributed by atoms with Crippen molar-refractivity contribution in [3.05, 3.63) is 64.9 Å². The van der Waals surface area contributed by atoms with E-state index in [-0.39, 0.29) is 0 Å². The zero-order valence-corrected chi connectivity index (χ0v) is 13.1. The highest BCUT2D eigenvalue weighted by molar-refractivity contribution is 6.29. The minimum absolute atomic E-state index is 0.377. The van der Waals surface area contributed by atoms with Crippen LogP contribution in [0.4, 0.5) is 11.5 Å². The Morgan fingerprint density at radius 2 is 1.73 bits per heavy atom. The molecule has 22 heavy (non-hydrogen) atoms. The lowest BCUT2D eigenvalue weighted by molar-refractivity contribution is 1.14. The molecule has 0 aliphatic rings. The summed E-state index contributed by atoms with van der Waals surface area (Å²) in [6.07, 6.45) is 1.70. The van der Waals surface area contributed by atoms with Crippen LogP contribution in [0.5, 0.6) is 0 Å². The topological polar surface area (TPSA) is 50.7 Å². The van der Waals surface area contributed by atoms with Crippen LogP contribution in [0.1, 0.15) is 11.1 Å². The van der Waals surface area contributed by atoms with Gasteiger partial charge in [-0.05, 0) is 49.2 Å². The minimum Gasteiger partial charge on any atom is -0.340 e. The zero-order chi connectivity index (χ0) is 15.5. The molecule has 2 aromatic heterocycles. The molecule has 0 radical (unpaired) electrons. The Morgan fingerprint density at radius 3 is 2.41 bits per heavy atom. The highest BCUT2D eigenvalue weighted by atomic mass is 35.5. The molecule has 0 aliphatic heterocycles. The lowest BCUT2D eigenvalue weighted by Crippen LogP contribution is -1.99. The number of anilines is 2. The summed E-state index contributed by atoms with van der Waals surface area (Å²) in [6, 6.07) is 13.5. The van der Waals surface area contributed by atoms with E-state index in [1.165, 1.54) is 11.1 Å². The Kier molecular flexibility index (Phi) is 4.02. The van der Waals surface area contributed by atoms with Crippen molar-refractivity contribution in [3.63, 3.8) is 0 Å². The third-order valence-corrected chi connectivity index (χ3v) is 3.28. The predicted octanol–water partition coefficient (Wildman–Crippen LogP) is 4.55. The van der Waals surface area contributed by atoms with Gasteiger partial charge in [0.05, 0.1) is 0 Å². The number of benzene rings is 1. The number of hydrogen-bond acceptors (Lipinski definition) is 4. The summed E-state index contributed by atoms with van der Waals surface area (Å²) in [4.78, 5) is 13.0. The molecule has 4 nitrogen and oxygen atoms in total. The first-order valence-electron chi connectivity index (χ1n) is 6.91. The molecule has 110 valence electrons. The zero-order valence-electron chi connectivity index (χ0n) is 12.3. The van der Waals surface area contributed by atoms with Gasteiger partial charge in [-0.25, -0.2) is 9.97 Å². The van der Waals surface area contributed by atoms with Crippen LogP contribution < -0.4 is 5.32 Å². The van der Waals surface area contributed by atoms with Gasteiger partial charge in [-0.1, -0.05) is 23.7 Å². The van der Waals surface area contributed by atoms with Crippen LogP contribution in [0.2, 0.25) is 5.15 Å². The van der Waals surface area contributed by atoms with Gasteiger partial charge in [0, 0.05) is 18.0 Å². The smallest absolute Gasteiger partial charge is 0.181 e. The van der Waals surface area contributed by atoms with E-state index in [9.17, 15) is 0 Å². The van der Waals surface area contributed by atoms with Crippen molar-refractivity contribution in [3.8, 4) is 11.5 Å². The Labute approximate surface area is 134 Å². The summed E-state index contributed by atoms with van der Waals surface area (Å²) in [7, 11) is 0. The second kappa shape index (κ2) is 6.12. The van der Waals surface area contributed by atoms with Crippen LogP contribution in [0.15, 0.2) is 48.7 Å². The molecular formula is C17H15ClN4. The monoisotopic (exact) mass is 310 g/mol. The molecule has 0 aliphatic carbocycles. The summed E-state index contributed by atoms with van der Waals surface area (Å²) in [5.41, 5.74) is 4.04. The van der Waals surface area contributed by atoms with Crippen molar-refractivity contribution < 1.29 is 0 Å². The maximum absolute atomic E-state index is 6.11. The molecule has 0 saturated heterocycles. The highest BCUT2D eigenvalue weighted by Crippen LogP contribution is 2.22. The Hall–Kier alpha value is -2.46. The Balaban J connectivity index is 1.96. The van der Waals surface area contributed by atoms with Crippen molar-refractivity contribution >= 4 is 23.1 Å². The van der Waals surface area contributed by atoms with Gasteiger partial charge >= 0.3 is 0 Å². The second-order valence-corrected chi connectivity index (χ2v) is 5.50. The maximum Gasteiger partial charge on any atom is 0.181 e. The molecule has 3 aromatic rings. The number of aromatic nitrogens is 3. The van der Waals surface area contributed by atoms with Crippen LogP contribution in [0.3, 0.4) is 0 Å². The van der Waals surface area contributed by atoms with E-state index in [1.54, 1.807) is 12.3 Å². The first-order chi connectivity index (χ1) is 10.6. The van der Waals surface area contributed by atoms with Gasteiger partial charge in [0.2, 0.25) is 0 Å². The molecule has 2 heterocycles. The quantitative estimate of drug-likeness (QED) is 0.721. The third-order valence-electron chi connectivity index (χ3n) is 3.08. The fraction of sp³-hybridized carbons (Fsp3) is 0.118. The number of hydrogen-bond donors (Lipinski definition) is 1. The first kappa shape index (κ1) is 14.5. The molecule has 3 rings (SSSR count). The van der Waals surface area contributed by atoms with E-state index >= 15 is 0 Å². The van der Waals surface area contributed by atoms with Crippen molar-refractivity contribution in [2.24, 2.45) is 0 Å². The third kappa shape index (κ3) is 3.40. The van der Waals surface area contributed by atoms with Crippen molar-refractivity contribution in [1.29, 1.82) is 0 Å². The maximum atomic E-state index is 6.11. The van der Waals surface area contributed by atoms with Crippen LogP contribution in [0, 0.1) is 13.8 Å². The molecule has 0 bridgehead atoms. The van der Waals surface area contributed by atoms with Gasteiger partial charge in [-0.3, -0.25) is 4.98 Å². The molecule has 0 amide bonds. The molecule has 0 fully saturated rings. The van der Waals surface area contributed by atoms with Gasteiger partial charge in [-0.15, -0.1) is 0 Å².